The second-order valence-corrected chi connectivity index (χ2v) is 8.15. The fourth-order valence-corrected chi connectivity index (χ4v) is 2.99. The molecule has 0 spiro atoms. The van der Waals surface area contributed by atoms with Crippen LogP contribution in [0.3, 0.4) is 0 Å². The summed E-state index contributed by atoms with van der Waals surface area (Å²) in [5, 5.41) is 4.73. The molecule has 0 radical (unpaired) electrons. The zero-order valence-electron chi connectivity index (χ0n) is 14.3. The molecule has 1 aromatic heterocycles. The fraction of sp³-hybridized carbons (Fsp3) is 0.765. The van der Waals surface area contributed by atoms with E-state index < -0.39 is 0 Å². The summed E-state index contributed by atoms with van der Waals surface area (Å²) in [4.78, 5) is 14.9. The van der Waals surface area contributed by atoms with E-state index in [-0.39, 0.29) is 17.0 Å². The minimum atomic E-state index is -0.278. The number of hydrogen-bond donors (Lipinski definition) is 0. The predicted molar refractivity (Wildman–Crippen MR) is 85.1 cm³/mol. The molecule has 2 fully saturated rings. The van der Waals surface area contributed by atoms with Crippen LogP contribution in [0.1, 0.15) is 69.6 Å². The lowest BCUT2D eigenvalue weighted by Gasteiger charge is -2.38. The van der Waals surface area contributed by atoms with E-state index in [9.17, 15) is 4.79 Å². The molecule has 0 bridgehead atoms. The molecule has 5 nitrogen and oxygen atoms in total. The Balaban J connectivity index is 1.91. The predicted octanol–water partition coefficient (Wildman–Crippen LogP) is 2.77. The molecule has 1 saturated heterocycles. The van der Waals surface area contributed by atoms with Gasteiger partial charge in [0.25, 0.3) is 5.91 Å². The average molecular weight is 305 g/mol. The van der Waals surface area contributed by atoms with Crippen LogP contribution >= 0.6 is 0 Å². The van der Waals surface area contributed by atoms with Crippen molar-refractivity contribution in [3.8, 4) is 0 Å². The summed E-state index contributed by atoms with van der Waals surface area (Å²) >= 11 is 0. The maximum Gasteiger partial charge on any atom is 0.272 e. The van der Waals surface area contributed by atoms with E-state index in [0.717, 1.165) is 5.69 Å². The summed E-state index contributed by atoms with van der Waals surface area (Å²) in [7, 11) is 0. The lowest BCUT2D eigenvalue weighted by Crippen LogP contribution is -2.51. The van der Waals surface area contributed by atoms with Crippen molar-refractivity contribution < 1.29 is 9.53 Å². The van der Waals surface area contributed by atoms with Crippen molar-refractivity contribution in [1.82, 2.24) is 14.7 Å². The van der Waals surface area contributed by atoms with Crippen LogP contribution in [-0.4, -0.2) is 45.9 Å². The molecule has 2 heterocycles. The molecule has 0 unspecified atom stereocenters. The summed E-state index contributed by atoms with van der Waals surface area (Å²) in [5.74, 6) is 0.627. The third-order valence-electron chi connectivity index (χ3n) is 4.29. The molecule has 22 heavy (non-hydrogen) atoms. The second-order valence-electron chi connectivity index (χ2n) is 8.15. The van der Waals surface area contributed by atoms with Crippen molar-refractivity contribution >= 4 is 5.91 Å². The largest absolute Gasteiger partial charge is 0.372 e. The van der Waals surface area contributed by atoms with E-state index >= 15 is 0 Å². The van der Waals surface area contributed by atoms with Gasteiger partial charge < -0.3 is 9.64 Å². The number of amides is 1. The topological polar surface area (TPSA) is 47.4 Å². The maximum absolute atomic E-state index is 13.0. The van der Waals surface area contributed by atoms with Gasteiger partial charge in [0.15, 0.2) is 0 Å². The van der Waals surface area contributed by atoms with Crippen LogP contribution in [0.4, 0.5) is 0 Å². The number of hydrogen-bond acceptors (Lipinski definition) is 3. The summed E-state index contributed by atoms with van der Waals surface area (Å²) in [6.45, 7) is 12.2. The van der Waals surface area contributed by atoms with Crippen LogP contribution in [0.25, 0.3) is 0 Å². The Morgan fingerprint density at radius 1 is 1.36 bits per heavy atom. The molecule has 1 aliphatic heterocycles. The number of carbonyl (C=O) groups excluding carboxylic acids is 1. The van der Waals surface area contributed by atoms with Gasteiger partial charge in [-0.05, 0) is 53.5 Å². The molecule has 2 aliphatic rings. The van der Waals surface area contributed by atoms with Crippen LogP contribution in [-0.2, 0) is 10.3 Å². The zero-order chi connectivity index (χ0) is 16.1. The van der Waals surface area contributed by atoms with Gasteiger partial charge in [0.1, 0.15) is 5.69 Å². The molecule has 0 aromatic carbocycles. The Kier molecular flexibility index (Phi) is 3.59. The van der Waals surface area contributed by atoms with Gasteiger partial charge in [0, 0.05) is 19.0 Å². The Morgan fingerprint density at radius 2 is 2.05 bits per heavy atom. The lowest BCUT2D eigenvalue weighted by atomic mass is 10.1. The van der Waals surface area contributed by atoms with E-state index in [2.05, 4.69) is 20.8 Å². The second kappa shape index (κ2) is 5.08. The lowest BCUT2D eigenvalue weighted by molar-refractivity contribution is -0.0766. The van der Waals surface area contributed by atoms with Crippen molar-refractivity contribution in [2.24, 2.45) is 0 Å². The van der Waals surface area contributed by atoms with Crippen LogP contribution in [0.15, 0.2) is 6.07 Å². The van der Waals surface area contributed by atoms with Crippen molar-refractivity contribution in [2.45, 2.75) is 64.5 Å². The Bertz CT molecular complexity index is 579. The first-order valence-electron chi connectivity index (χ1n) is 8.21. The van der Waals surface area contributed by atoms with Crippen LogP contribution in [0, 0.1) is 0 Å². The van der Waals surface area contributed by atoms with Gasteiger partial charge in [-0.2, -0.15) is 5.10 Å². The number of nitrogens with zero attached hydrogens (tertiary/aromatic N) is 3. The molecular formula is C17H27N3O2. The van der Waals surface area contributed by atoms with Crippen molar-refractivity contribution in [2.75, 3.05) is 19.7 Å². The quantitative estimate of drug-likeness (QED) is 0.844. The summed E-state index contributed by atoms with van der Waals surface area (Å²) < 4.78 is 7.62. The highest BCUT2D eigenvalue weighted by Gasteiger charge is 2.35. The number of ether oxygens (including phenoxy) is 1. The zero-order valence-corrected chi connectivity index (χ0v) is 14.3. The molecule has 1 aromatic rings. The molecule has 122 valence electrons. The molecule has 1 aliphatic carbocycles. The molecule has 0 atom stereocenters. The van der Waals surface area contributed by atoms with E-state index in [1.165, 1.54) is 12.8 Å². The number of aromatic nitrogens is 2. The molecule has 0 N–H and O–H groups in total. The molecule has 3 rings (SSSR count). The molecule has 1 amide bonds. The maximum atomic E-state index is 13.0. The highest BCUT2D eigenvalue weighted by molar-refractivity contribution is 5.93. The normalized spacial score (nSPS) is 22.0. The minimum Gasteiger partial charge on any atom is -0.372 e. The van der Waals surface area contributed by atoms with E-state index in [4.69, 9.17) is 9.84 Å². The Hall–Kier alpha value is -1.36. The van der Waals surface area contributed by atoms with Gasteiger partial charge in [-0.1, -0.05) is 0 Å². The highest BCUT2D eigenvalue weighted by atomic mass is 16.5. The van der Waals surface area contributed by atoms with Gasteiger partial charge in [-0.25, -0.2) is 0 Å². The van der Waals surface area contributed by atoms with Crippen LogP contribution < -0.4 is 0 Å². The third-order valence-corrected chi connectivity index (χ3v) is 4.29. The average Bonchev–Trinajstić information content (AvgIpc) is 3.14. The summed E-state index contributed by atoms with van der Waals surface area (Å²) in [6, 6.07) is 2.01. The summed E-state index contributed by atoms with van der Waals surface area (Å²) in [6.07, 6.45) is 2.39. The van der Waals surface area contributed by atoms with Gasteiger partial charge in [0.2, 0.25) is 0 Å². The molecular weight excluding hydrogens is 278 g/mol. The van der Waals surface area contributed by atoms with Crippen molar-refractivity contribution in [3.05, 3.63) is 17.5 Å². The standard InChI is InChI=1S/C17H27N3O2/c1-16(2,3)20-14(10-13(18-20)12-6-7-12)15(21)19-8-9-22-17(4,5)11-19/h10,12H,6-9,11H2,1-5H3. The third kappa shape index (κ3) is 3.05. The monoisotopic (exact) mass is 305 g/mol. The van der Waals surface area contributed by atoms with Crippen molar-refractivity contribution in [1.29, 1.82) is 0 Å². The van der Waals surface area contributed by atoms with Gasteiger partial charge in [-0.15, -0.1) is 0 Å². The van der Waals surface area contributed by atoms with E-state index in [1.54, 1.807) is 0 Å². The van der Waals surface area contributed by atoms with Gasteiger partial charge in [-0.3, -0.25) is 9.48 Å². The first kappa shape index (κ1) is 15.5. The van der Waals surface area contributed by atoms with Crippen LogP contribution in [0.2, 0.25) is 0 Å². The number of morpholine rings is 1. The number of rotatable bonds is 2. The minimum absolute atomic E-state index is 0.0747. The fourth-order valence-electron chi connectivity index (χ4n) is 2.99. The Morgan fingerprint density at radius 3 is 2.59 bits per heavy atom. The van der Waals surface area contributed by atoms with Gasteiger partial charge in [0.05, 0.1) is 23.4 Å². The smallest absolute Gasteiger partial charge is 0.272 e. The Labute approximate surface area is 132 Å². The van der Waals surface area contributed by atoms with E-state index in [1.807, 2.05) is 29.5 Å². The van der Waals surface area contributed by atoms with Crippen LogP contribution in [0.5, 0.6) is 0 Å². The SMILES string of the molecule is CC1(C)CN(C(=O)c2cc(C3CC3)nn2C(C)(C)C)CCO1. The first-order chi connectivity index (χ1) is 10.2. The molecule has 1 saturated carbocycles. The van der Waals surface area contributed by atoms with Gasteiger partial charge >= 0.3 is 0 Å². The first-order valence-corrected chi connectivity index (χ1v) is 8.21. The summed E-state index contributed by atoms with van der Waals surface area (Å²) in [5.41, 5.74) is 1.32. The molecule has 5 heteroatoms. The van der Waals surface area contributed by atoms with Crippen molar-refractivity contribution in [3.63, 3.8) is 0 Å². The van der Waals surface area contributed by atoms with E-state index in [0.29, 0.717) is 31.3 Å². The number of carbonyl (C=O) groups is 1. The highest BCUT2D eigenvalue weighted by Crippen LogP contribution is 2.40.